The van der Waals surface area contributed by atoms with Crippen molar-refractivity contribution in [2.75, 3.05) is 5.75 Å². The largest absolute Gasteiger partial charge is 0.228 e. The first-order chi connectivity index (χ1) is 11.3. The SMILES string of the molecule is N#CCCCSc1nc(-c2ccccc2)nc2ccc(F)cc12. The molecule has 0 amide bonds. The Hall–Kier alpha value is -2.45. The quantitative estimate of drug-likeness (QED) is 0.383. The first kappa shape index (κ1) is 15.4. The molecule has 23 heavy (non-hydrogen) atoms. The van der Waals surface area contributed by atoms with Gasteiger partial charge in [0, 0.05) is 23.1 Å². The van der Waals surface area contributed by atoms with Gasteiger partial charge in [0.25, 0.3) is 0 Å². The second-order valence-corrected chi connectivity index (χ2v) is 6.07. The Morgan fingerprint density at radius 3 is 2.70 bits per heavy atom. The molecule has 3 rings (SSSR count). The lowest BCUT2D eigenvalue weighted by molar-refractivity contribution is 0.629. The van der Waals surface area contributed by atoms with Crippen molar-refractivity contribution in [1.82, 2.24) is 9.97 Å². The van der Waals surface area contributed by atoms with E-state index < -0.39 is 0 Å². The minimum atomic E-state index is -0.299. The van der Waals surface area contributed by atoms with Gasteiger partial charge in [-0.2, -0.15) is 5.26 Å². The van der Waals surface area contributed by atoms with Crippen molar-refractivity contribution < 1.29 is 4.39 Å². The highest BCUT2D eigenvalue weighted by Crippen LogP contribution is 2.29. The molecule has 0 saturated heterocycles. The predicted octanol–water partition coefficient (Wildman–Crippen LogP) is 4.83. The minimum absolute atomic E-state index is 0.299. The molecule has 0 aliphatic rings. The van der Waals surface area contributed by atoms with Crippen LogP contribution in [0.4, 0.5) is 4.39 Å². The second kappa shape index (κ2) is 7.21. The second-order valence-electron chi connectivity index (χ2n) is 4.99. The number of hydrogen-bond acceptors (Lipinski definition) is 4. The molecule has 0 fully saturated rings. The normalized spacial score (nSPS) is 10.6. The number of benzene rings is 2. The zero-order valence-corrected chi connectivity index (χ0v) is 13.2. The first-order valence-corrected chi connectivity index (χ1v) is 8.29. The molecular formula is C18H14FN3S. The van der Waals surface area contributed by atoms with Gasteiger partial charge in [-0.15, -0.1) is 11.8 Å². The van der Waals surface area contributed by atoms with Crippen LogP contribution in [0.25, 0.3) is 22.3 Å². The zero-order valence-electron chi connectivity index (χ0n) is 12.4. The summed E-state index contributed by atoms with van der Waals surface area (Å²) in [7, 11) is 0. The van der Waals surface area contributed by atoms with E-state index in [1.807, 2.05) is 30.3 Å². The van der Waals surface area contributed by atoms with Gasteiger partial charge in [-0.05, 0) is 24.6 Å². The molecule has 0 unspecified atom stereocenters. The molecule has 2 aromatic carbocycles. The highest BCUT2D eigenvalue weighted by atomic mass is 32.2. The molecule has 0 atom stereocenters. The number of nitrogens with zero attached hydrogens (tertiary/aromatic N) is 3. The summed E-state index contributed by atoms with van der Waals surface area (Å²) in [5.74, 6) is 1.10. The molecular weight excluding hydrogens is 309 g/mol. The molecule has 3 aromatic rings. The maximum atomic E-state index is 13.6. The lowest BCUT2D eigenvalue weighted by Crippen LogP contribution is -1.95. The number of halogens is 1. The summed E-state index contributed by atoms with van der Waals surface area (Å²) in [5.41, 5.74) is 1.65. The van der Waals surface area contributed by atoms with Crippen molar-refractivity contribution in [1.29, 1.82) is 5.26 Å². The van der Waals surface area contributed by atoms with Crippen LogP contribution in [0, 0.1) is 17.1 Å². The lowest BCUT2D eigenvalue weighted by Gasteiger charge is -2.08. The minimum Gasteiger partial charge on any atom is -0.228 e. The van der Waals surface area contributed by atoms with Crippen LogP contribution in [0.2, 0.25) is 0 Å². The molecule has 114 valence electrons. The molecule has 0 aliphatic heterocycles. The maximum absolute atomic E-state index is 13.6. The third kappa shape index (κ3) is 3.66. The molecule has 0 N–H and O–H groups in total. The van der Waals surface area contributed by atoms with Crippen molar-refractivity contribution in [2.24, 2.45) is 0 Å². The van der Waals surface area contributed by atoms with E-state index >= 15 is 0 Å². The number of rotatable bonds is 5. The summed E-state index contributed by atoms with van der Waals surface area (Å²) >= 11 is 1.54. The fourth-order valence-electron chi connectivity index (χ4n) is 2.22. The van der Waals surface area contributed by atoms with E-state index in [0.29, 0.717) is 17.6 Å². The Labute approximate surface area is 138 Å². The van der Waals surface area contributed by atoms with Crippen LogP contribution in [0.5, 0.6) is 0 Å². The van der Waals surface area contributed by atoms with Crippen LogP contribution in [-0.4, -0.2) is 15.7 Å². The third-order valence-electron chi connectivity index (χ3n) is 3.33. The molecule has 1 heterocycles. The molecule has 0 radical (unpaired) electrons. The Morgan fingerprint density at radius 1 is 1.09 bits per heavy atom. The molecule has 0 bridgehead atoms. The average molecular weight is 323 g/mol. The van der Waals surface area contributed by atoms with Crippen molar-refractivity contribution in [3.8, 4) is 17.5 Å². The Balaban J connectivity index is 2.03. The highest BCUT2D eigenvalue weighted by molar-refractivity contribution is 7.99. The molecule has 3 nitrogen and oxygen atoms in total. The zero-order chi connectivity index (χ0) is 16.1. The summed E-state index contributed by atoms with van der Waals surface area (Å²) < 4.78 is 13.6. The fraction of sp³-hybridized carbons (Fsp3) is 0.167. The van der Waals surface area contributed by atoms with Gasteiger partial charge in [0.2, 0.25) is 0 Å². The topological polar surface area (TPSA) is 49.6 Å². The van der Waals surface area contributed by atoms with Gasteiger partial charge in [0.05, 0.1) is 11.6 Å². The van der Waals surface area contributed by atoms with Crippen molar-refractivity contribution >= 4 is 22.7 Å². The van der Waals surface area contributed by atoms with Crippen molar-refractivity contribution in [3.63, 3.8) is 0 Å². The van der Waals surface area contributed by atoms with E-state index in [2.05, 4.69) is 16.0 Å². The first-order valence-electron chi connectivity index (χ1n) is 7.30. The van der Waals surface area contributed by atoms with Gasteiger partial charge in [-0.25, -0.2) is 14.4 Å². The summed E-state index contributed by atoms with van der Waals surface area (Å²) in [5, 5.41) is 10.1. The molecule has 0 spiro atoms. The maximum Gasteiger partial charge on any atom is 0.161 e. The molecule has 5 heteroatoms. The van der Waals surface area contributed by atoms with E-state index in [0.717, 1.165) is 28.3 Å². The van der Waals surface area contributed by atoms with Crippen molar-refractivity contribution in [2.45, 2.75) is 17.9 Å². The Kier molecular flexibility index (Phi) is 4.84. The van der Waals surface area contributed by atoms with Crippen molar-refractivity contribution in [3.05, 3.63) is 54.3 Å². The van der Waals surface area contributed by atoms with Gasteiger partial charge >= 0.3 is 0 Å². The molecule has 0 aliphatic carbocycles. The van der Waals surface area contributed by atoms with Crippen LogP contribution in [-0.2, 0) is 0 Å². The highest BCUT2D eigenvalue weighted by Gasteiger charge is 2.10. The predicted molar refractivity (Wildman–Crippen MR) is 90.5 cm³/mol. The van der Waals surface area contributed by atoms with E-state index in [1.165, 1.54) is 23.9 Å². The summed E-state index contributed by atoms with van der Waals surface area (Å²) in [6.07, 6.45) is 1.29. The number of nitriles is 1. The monoisotopic (exact) mass is 323 g/mol. The fourth-order valence-corrected chi connectivity index (χ4v) is 3.17. The van der Waals surface area contributed by atoms with E-state index in [9.17, 15) is 4.39 Å². The van der Waals surface area contributed by atoms with Crippen LogP contribution in [0.15, 0.2) is 53.6 Å². The van der Waals surface area contributed by atoms with E-state index in [-0.39, 0.29) is 5.82 Å². The van der Waals surface area contributed by atoms with Crippen LogP contribution < -0.4 is 0 Å². The molecule has 0 saturated carbocycles. The summed E-state index contributed by atoms with van der Waals surface area (Å²) in [6.45, 7) is 0. The average Bonchev–Trinajstić information content (AvgIpc) is 2.59. The molecule has 1 aromatic heterocycles. The standard InChI is InChI=1S/C18H14FN3S/c19-14-8-9-16-15(12-14)18(23-11-5-4-10-20)22-17(21-16)13-6-2-1-3-7-13/h1-3,6-9,12H,4-5,11H2. The number of thioether (sulfide) groups is 1. The van der Waals surface area contributed by atoms with Gasteiger partial charge in [0.15, 0.2) is 5.82 Å². The lowest BCUT2D eigenvalue weighted by atomic mass is 10.2. The van der Waals surface area contributed by atoms with Gasteiger partial charge in [-0.1, -0.05) is 30.3 Å². The Bertz CT molecular complexity index is 859. The van der Waals surface area contributed by atoms with E-state index in [4.69, 9.17) is 5.26 Å². The summed E-state index contributed by atoms with van der Waals surface area (Å²) in [6, 6.07) is 16.4. The third-order valence-corrected chi connectivity index (χ3v) is 4.40. The Morgan fingerprint density at radius 2 is 1.91 bits per heavy atom. The number of unbranched alkanes of at least 4 members (excludes halogenated alkanes) is 1. The van der Waals surface area contributed by atoms with Crippen LogP contribution in [0.3, 0.4) is 0 Å². The van der Waals surface area contributed by atoms with Gasteiger partial charge in [-0.3, -0.25) is 0 Å². The summed E-state index contributed by atoms with van der Waals surface area (Å²) in [4.78, 5) is 9.16. The smallest absolute Gasteiger partial charge is 0.161 e. The van der Waals surface area contributed by atoms with Crippen LogP contribution >= 0.6 is 11.8 Å². The van der Waals surface area contributed by atoms with Crippen LogP contribution in [0.1, 0.15) is 12.8 Å². The number of hydrogen-bond donors (Lipinski definition) is 0. The van der Waals surface area contributed by atoms with Gasteiger partial charge in [0.1, 0.15) is 10.8 Å². The van der Waals surface area contributed by atoms with E-state index in [1.54, 1.807) is 6.07 Å². The number of fused-ring (bicyclic) bond motifs is 1. The number of aromatic nitrogens is 2. The van der Waals surface area contributed by atoms with Gasteiger partial charge < -0.3 is 0 Å².